The number of carbonyl (C=O) groups is 2. The monoisotopic (exact) mass is 504 g/mol. The molecule has 7 aliphatic rings. The van der Waals surface area contributed by atoms with E-state index in [1.54, 1.807) is 6.07 Å². The molecule has 5 atom stereocenters. The van der Waals surface area contributed by atoms with Crippen molar-refractivity contribution in [3.63, 3.8) is 0 Å². The Kier molecular flexibility index (Phi) is 4.56. The highest BCUT2D eigenvalue weighted by molar-refractivity contribution is 5.97. The molecule has 2 saturated carbocycles. The number of ether oxygens (including phenoxy) is 2. The van der Waals surface area contributed by atoms with Gasteiger partial charge in [-0.25, -0.2) is 0 Å². The van der Waals surface area contributed by atoms with E-state index in [1.165, 1.54) is 30.9 Å². The van der Waals surface area contributed by atoms with Gasteiger partial charge in [-0.05, 0) is 93.9 Å². The van der Waals surface area contributed by atoms with Gasteiger partial charge in [0, 0.05) is 31.1 Å². The van der Waals surface area contributed by atoms with E-state index in [2.05, 4.69) is 15.9 Å². The lowest BCUT2D eigenvalue weighted by Gasteiger charge is -2.65. The molecule has 1 spiro atoms. The van der Waals surface area contributed by atoms with Crippen LogP contribution >= 0.6 is 0 Å². The summed E-state index contributed by atoms with van der Waals surface area (Å²) in [6, 6.07) is 3.80. The topological polar surface area (TPSA) is 79.3 Å². The van der Waals surface area contributed by atoms with E-state index in [-0.39, 0.29) is 35.8 Å². The first-order valence-corrected chi connectivity index (χ1v) is 14.4. The molecule has 0 unspecified atom stereocenters. The predicted molar refractivity (Wildman–Crippen MR) is 135 cm³/mol. The third-order valence-electron chi connectivity index (χ3n) is 10.9. The summed E-state index contributed by atoms with van der Waals surface area (Å²) in [5.74, 6) is 1.39. The number of hydrogen-bond acceptors (Lipinski definition) is 6. The molecule has 7 nitrogen and oxygen atoms in total. The normalized spacial score (nSPS) is 37.8. The van der Waals surface area contributed by atoms with E-state index < -0.39 is 11.0 Å². The molecule has 0 aromatic heterocycles. The van der Waals surface area contributed by atoms with Gasteiger partial charge in [0.15, 0.2) is 11.5 Å². The predicted octanol–water partition coefficient (Wildman–Crippen LogP) is 3.61. The minimum absolute atomic E-state index is 0.0846. The fraction of sp³-hybridized carbons (Fsp3) is 0.667. The second-order valence-corrected chi connectivity index (χ2v) is 12.7. The van der Waals surface area contributed by atoms with E-state index in [0.717, 1.165) is 75.1 Å². The average Bonchev–Trinajstić information content (AvgIpc) is 3.54. The van der Waals surface area contributed by atoms with Gasteiger partial charge in [0.25, 0.3) is 0 Å². The first-order chi connectivity index (χ1) is 17.9. The van der Waals surface area contributed by atoms with Crippen LogP contribution in [0, 0.1) is 5.92 Å². The van der Waals surface area contributed by atoms with Crippen LogP contribution in [0.25, 0.3) is 0 Å². The zero-order valence-corrected chi connectivity index (χ0v) is 21.6. The van der Waals surface area contributed by atoms with Gasteiger partial charge in [-0.1, -0.05) is 6.07 Å². The number of hydrogen-bond donors (Lipinski definition) is 1. The third-order valence-corrected chi connectivity index (χ3v) is 10.9. The smallest absolute Gasteiger partial charge is 0.303 e. The Morgan fingerprint density at radius 3 is 2.81 bits per heavy atom. The van der Waals surface area contributed by atoms with Crippen LogP contribution in [0.4, 0.5) is 0 Å². The zero-order chi connectivity index (χ0) is 25.1. The molecule has 37 heavy (non-hydrogen) atoms. The molecule has 7 heteroatoms. The van der Waals surface area contributed by atoms with Crippen molar-refractivity contribution in [2.75, 3.05) is 19.6 Å². The Balaban J connectivity index is 1.27. The summed E-state index contributed by atoms with van der Waals surface area (Å²) in [4.78, 5) is 31.2. The van der Waals surface area contributed by atoms with E-state index in [4.69, 9.17) is 9.47 Å². The van der Waals surface area contributed by atoms with Gasteiger partial charge in [0.05, 0.1) is 17.5 Å². The second kappa shape index (κ2) is 7.52. The summed E-state index contributed by atoms with van der Waals surface area (Å²) in [5.41, 5.74) is 3.32. The number of phenolic OH excluding ortho intramolecular Hbond substituents is 1. The first kappa shape index (κ1) is 22.4. The number of aromatic hydroxyl groups is 1. The lowest BCUT2D eigenvalue weighted by atomic mass is 9.48. The highest BCUT2D eigenvalue weighted by atomic mass is 16.6. The molecule has 4 aliphatic carbocycles. The number of nitrogens with zero attached hydrogens (tertiary/aromatic N) is 2. The number of likely N-dealkylation sites (tertiary alicyclic amines) is 1. The maximum Gasteiger partial charge on any atom is 0.303 e. The average molecular weight is 505 g/mol. The summed E-state index contributed by atoms with van der Waals surface area (Å²) in [5, 5.41) is 11.0. The van der Waals surface area contributed by atoms with E-state index >= 15 is 0 Å². The Bertz CT molecular complexity index is 1250. The van der Waals surface area contributed by atoms with Crippen LogP contribution in [-0.2, 0) is 26.2 Å². The highest BCUT2D eigenvalue weighted by Gasteiger charge is 2.76. The zero-order valence-electron chi connectivity index (χ0n) is 21.6. The molecule has 3 fully saturated rings. The van der Waals surface area contributed by atoms with Gasteiger partial charge >= 0.3 is 5.97 Å². The highest BCUT2D eigenvalue weighted by Crippen LogP contribution is 2.67. The van der Waals surface area contributed by atoms with Crippen molar-refractivity contribution < 1.29 is 24.2 Å². The number of rotatable bonds is 4. The molecule has 0 radical (unpaired) electrons. The SMILES string of the molecule is CC(=O)O[C@@]12CC[C@@H](N3CC4=C(CCCC4)C3=O)[C@@H]3Oc4c(O)ccc5c4[C@@]31CCN(CC1CC1)[C@@H]2C5. The maximum atomic E-state index is 13.7. The molecule has 1 saturated heterocycles. The molecular formula is C30H36N2O5. The van der Waals surface area contributed by atoms with Gasteiger partial charge in [0.2, 0.25) is 5.91 Å². The van der Waals surface area contributed by atoms with Crippen molar-refractivity contribution in [1.29, 1.82) is 0 Å². The van der Waals surface area contributed by atoms with Crippen molar-refractivity contribution in [2.24, 2.45) is 5.92 Å². The van der Waals surface area contributed by atoms with Gasteiger partial charge in [-0.15, -0.1) is 0 Å². The van der Waals surface area contributed by atoms with Gasteiger partial charge < -0.3 is 19.5 Å². The van der Waals surface area contributed by atoms with Crippen LogP contribution in [0.15, 0.2) is 23.3 Å². The quantitative estimate of drug-likeness (QED) is 0.632. The third kappa shape index (κ3) is 2.82. The standard InChI is InChI=1S/C30H36N2O5/c1-17(33)37-30-11-10-22(32-16-20-4-2-3-5-21(20)28(32)35)27-29(30)12-13-31(15-18-6-7-18)24(30)14-19-8-9-23(34)26(36-27)25(19)29/h8-9,18,22,24,27,34H,2-7,10-16H2,1H3/t22-,24-,27+,29+,30-/m1/s1. The number of amides is 1. The summed E-state index contributed by atoms with van der Waals surface area (Å²) in [6.07, 6.45) is 9.44. The van der Waals surface area contributed by atoms with Crippen LogP contribution in [0.2, 0.25) is 0 Å². The van der Waals surface area contributed by atoms with Crippen LogP contribution in [0.3, 0.4) is 0 Å². The van der Waals surface area contributed by atoms with Gasteiger partial charge in [0.1, 0.15) is 11.7 Å². The number of piperidine rings is 1. The fourth-order valence-electron chi connectivity index (χ4n) is 9.33. The molecule has 196 valence electrons. The minimum atomic E-state index is -0.713. The summed E-state index contributed by atoms with van der Waals surface area (Å²) in [7, 11) is 0. The van der Waals surface area contributed by atoms with Crippen molar-refractivity contribution in [3.8, 4) is 11.5 Å². The van der Waals surface area contributed by atoms with Gasteiger partial charge in [-0.2, -0.15) is 0 Å². The van der Waals surface area contributed by atoms with Crippen LogP contribution < -0.4 is 4.74 Å². The van der Waals surface area contributed by atoms with Crippen LogP contribution in [0.5, 0.6) is 11.5 Å². The number of benzene rings is 1. The molecule has 1 aromatic rings. The summed E-state index contributed by atoms with van der Waals surface area (Å²) in [6.45, 7) is 4.21. The lowest BCUT2D eigenvalue weighted by molar-refractivity contribution is -0.223. The Morgan fingerprint density at radius 2 is 2.03 bits per heavy atom. The Hall–Kier alpha value is -2.54. The van der Waals surface area contributed by atoms with Gasteiger partial charge in [-0.3, -0.25) is 14.5 Å². The molecule has 1 N–H and O–H groups in total. The summed E-state index contributed by atoms with van der Waals surface area (Å²) < 4.78 is 13.3. The molecule has 1 amide bonds. The maximum absolute atomic E-state index is 13.7. The van der Waals surface area contributed by atoms with E-state index in [0.29, 0.717) is 18.7 Å². The van der Waals surface area contributed by atoms with Crippen molar-refractivity contribution in [1.82, 2.24) is 9.80 Å². The molecule has 3 aliphatic heterocycles. The van der Waals surface area contributed by atoms with Crippen LogP contribution in [-0.4, -0.2) is 70.2 Å². The molecule has 8 rings (SSSR count). The van der Waals surface area contributed by atoms with E-state index in [1.807, 2.05) is 0 Å². The molecular weight excluding hydrogens is 468 g/mol. The fourth-order valence-corrected chi connectivity index (χ4v) is 9.33. The van der Waals surface area contributed by atoms with Crippen molar-refractivity contribution >= 4 is 11.9 Å². The Labute approximate surface area is 217 Å². The molecule has 2 bridgehead atoms. The second-order valence-electron chi connectivity index (χ2n) is 12.7. The van der Waals surface area contributed by atoms with Crippen molar-refractivity contribution in [3.05, 3.63) is 34.4 Å². The largest absolute Gasteiger partial charge is 0.504 e. The minimum Gasteiger partial charge on any atom is -0.504 e. The number of esters is 1. The molecule has 3 heterocycles. The lowest BCUT2D eigenvalue weighted by Crippen LogP contribution is -2.79. The number of carbonyl (C=O) groups excluding carboxylic acids is 2. The Morgan fingerprint density at radius 1 is 1.19 bits per heavy atom. The molecule has 1 aromatic carbocycles. The first-order valence-electron chi connectivity index (χ1n) is 14.4. The van der Waals surface area contributed by atoms with E-state index in [9.17, 15) is 14.7 Å². The van der Waals surface area contributed by atoms with Crippen LogP contribution in [0.1, 0.15) is 75.8 Å². The number of phenols is 1. The summed E-state index contributed by atoms with van der Waals surface area (Å²) >= 11 is 0. The van der Waals surface area contributed by atoms with Crippen molar-refractivity contribution in [2.45, 2.75) is 100 Å².